The van der Waals surface area contributed by atoms with E-state index in [-0.39, 0.29) is 11.6 Å². The van der Waals surface area contributed by atoms with Gasteiger partial charge in [-0.05, 0) is 18.2 Å². The molecule has 1 heterocycles. The van der Waals surface area contributed by atoms with E-state index in [0.717, 1.165) is 12.1 Å². The summed E-state index contributed by atoms with van der Waals surface area (Å²) >= 11 is 0. The molecule has 2 N–H and O–H groups in total. The first-order chi connectivity index (χ1) is 9.54. The Morgan fingerprint density at radius 1 is 0.950 bits per heavy atom. The summed E-state index contributed by atoms with van der Waals surface area (Å²) < 4.78 is 45.6. The fourth-order valence-electron chi connectivity index (χ4n) is 2.43. The molecular weight excluding hydrogens is 267 g/mol. The molecule has 1 aliphatic heterocycles. The smallest absolute Gasteiger partial charge is 0.133 e. The first-order valence-corrected chi connectivity index (χ1v) is 6.21. The molecule has 104 valence electrons. The molecule has 0 saturated heterocycles. The van der Waals surface area contributed by atoms with Gasteiger partial charge in [0.15, 0.2) is 0 Å². The molecule has 2 aromatic carbocycles. The molecular formula is C15H12F3NO. The average molecular weight is 279 g/mol. The van der Waals surface area contributed by atoms with E-state index in [1.54, 1.807) is 6.07 Å². The molecule has 1 unspecified atom stereocenters. The van der Waals surface area contributed by atoms with Crippen LogP contribution in [0, 0.1) is 17.5 Å². The Hall–Kier alpha value is -2.01. The molecule has 0 amide bonds. The summed E-state index contributed by atoms with van der Waals surface area (Å²) in [6, 6.07) is 7.00. The molecule has 2 nitrogen and oxygen atoms in total. The van der Waals surface area contributed by atoms with Gasteiger partial charge in [0.1, 0.15) is 29.3 Å². The van der Waals surface area contributed by atoms with Crippen LogP contribution in [0.3, 0.4) is 0 Å². The fourth-order valence-corrected chi connectivity index (χ4v) is 2.43. The molecule has 20 heavy (non-hydrogen) atoms. The number of rotatable bonds is 1. The van der Waals surface area contributed by atoms with E-state index in [0.29, 0.717) is 17.7 Å². The minimum atomic E-state index is -0.693. The van der Waals surface area contributed by atoms with Crippen LogP contribution in [0.4, 0.5) is 13.2 Å². The zero-order valence-corrected chi connectivity index (χ0v) is 10.4. The Bertz CT molecular complexity index is 660. The average Bonchev–Trinajstić information content (AvgIpc) is 2.37. The maximum Gasteiger partial charge on any atom is 0.133 e. The standard InChI is InChI=1S/C15H12F3NO/c16-8-1-3-10(12(18)5-8)15-7-13(19)11-4-2-9(17)6-14(11)20-15/h1-6,13,15H,7,19H2/t13-,15?/m1/s1. The van der Waals surface area contributed by atoms with Crippen LogP contribution in [-0.2, 0) is 0 Å². The maximum absolute atomic E-state index is 13.8. The third-order valence-corrected chi connectivity index (χ3v) is 3.42. The lowest BCUT2D eigenvalue weighted by Gasteiger charge is -2.30. The van der Waals surface area contributed by atoms with Gasteiger partial charge in [-0.2, -0.15) is 0 Å². The van der Waals surface area contributed by atoms with Crippen LogP contribution in [0.15, 0.2) is 36.4 Å². The highest BCUT2D eigenvalue weighted by Crippen LogP contribution is 2.40. The number of hydrogen-bond donors (Lipinski definition) is 1. The summed E-state index contributed by atoms with van der Waals surface area (Å²) in [5.74, 6) is -1.49. The van der Waals surface area contributed by atoms with Gasteiger partial charge in [0.2, 0.25) is 0 Å². The second kappa shape index (κ2) is 4.83. The van der Waals surface area contributed by atoms with E-state index in [1.807, 2.05) is 0 Å². The number of benzene rings is 2. The van der Waals surface area contributed by atoms with Gasteiger partial charge in [-0.3, -0.25) is 0 Å². The Morgan fingerprint density at radius 2 is 1.60 bits per heavy atom. The van der Waals surface area contributed by atoms with Gasteiger partial charge in [0, 0.05) is 35.7 Å². The van der Waals surface area contributed by atoms with Crippen molar-refractivity contribution in [3.63, 3.8) is 0 Å². The lowest BCUT2D eigenvalue weighted by atomic mass is 9.93. The molecule has 5 heteroatoms. The maximum atomic E-state index is 13.8. The molecule has 0 spiro atoms. The lowest BCUT2D eigenvalue weighted by Crippen LogP contribution is -2.24. The molecule has 0 radical (unpaired) electrons. The second-order valence-corrected chi connectivity index (χ2v) is 4.80. The summed E-state index contributed by atoms with van der Waals surface area (Å²) in [6.45, 7) is 0. The predicted octanol–water partition coefficient (Wildman–Crippen LogP) is 3.63. The highest BCUT2D eigenvalue weighted by Gasteiger charge is 2.29. The van der Waals surface area contributed by atoms with Gasteiger partial charge in [0.05, 0.1) is 0 Å². The minimum absolute atomic E-state index is 0.219. The van der Waals surface area contributed by atoms with Crippen molar-refractivity contribution in [3.8, 4) is 5.75 Å². The van der Waals surface area contributed by atoms with Crippen LogP contribution < -0.4 is 10.5 Å². The van der Waals surface area contributed by atoms with E-state index in [1.165, 1.54) is 18.2 Å². The van der Waals surface area contributed by atoms with Crippen LogP contribution in [0.25, 0.3) is 0 Å². The molecule has 3 rings (SSSR count). The van der Waals surface area contributed by atoms with Crippen molar-refractivity contribution in [3.05, 3.63) is 65.0 Å². The Morgan fingerprint density at radius 3 is 2.30 bits per heavy atom. The molecule has 0 saturated carbocycles. The van der Waals surface area contributed by atoms with Gasteiger partial charge in [-0.25, -0.2) is 13.2 Å². The molecule has 0 bridgehead atoms. The Balaban J connectivity index is 1.98. The highest BCUT2D eigenvalue weighted by molar-refractivity contribution is 5.39. The normalized spacial score (nSPS) is 21.2. The Kier molecular flexibility index (Phi) is 3.14. The molecule has 2 aromatic rings. The summed E-state index contributed by atoms with van der Waals surface area (Å²) in [5.41, 5.74) is 6.91. The van der Waals surface area contributed by atoms with Crippen molar-refractivity contribution in [2.24, 2.45) is 5.73 Å². The van der Waals surface area contributed by atoms with Crippen molar-refractivity contribution in [2.45, 2.75) is 18.6 Å². The fraction of sp³-hybridized carbons (Fsp3) is 0.200. The van der Waals surface area contributed by atoms with Crippen LogP contribution in [-0.4, -0.2) is 0 Å². The van der Waals surface area contributed by atoms with Gasteiger partial charge in [0.25, 0.3) is 0 Å². The van der Waals surface area contributed by atoms with Crippen molar-refractivity contribution in [1.82, 2.24) is 0 Å². The summed E-state index contributed by atoms with van der Waals surface area (Å²) in [6.07, 6.45) is -0.304. The van der Waals surface area contributed by atoms with Crippen LogP contribution in [0.1, 0.15) is 29.7 Å². The minimum Gasteiger partial charge on any atom is -0.485 e. The van der Waals surface area contributed by atoms with Crippen LogP contribution in [0.5, 0.6) is 5.75 Å². The monoisotopic (exact) mass is 279 g/mol. The van der Waals surface area contributed by atoms with Crippen molar-refractivity contribution < 1.29 is 17.9 Å². The highest BCUT2D eigenvalue weighted by atomic mass is 19.1. The molecule has 0 fully saturated rings. The van der Waals surface area contributed by atoms with Crippen LogP contribution >= 0.6 is 0 Å². The van der Waals surface area contributed by atoms with Gasteiger partial charge < -0.3 is 10.5 Å². The zero-order chi connectivity index (χ0) is 14.3. The predicted molar refractivity (Wildman–Crippen MR) is 67.7 cm³/mol. The molecule has 2 atom stereocenters. The van der Waals surface area contributed by atoms with Crippen LogP contribution in [0.2, 0.25) is 0 Å². The first-order valence-electron chi connectivity index (χ1n) is 6.21. The summed E-state index contributed by atoms with van der Waals surface area (Å²) in [5, 5.41) is 0. The largest absolute Gasteiger partial charge is 0.485 e. The first kappa shape index (κ1) is 13.0. The van der Waals surface area contributed by atoms with E-state index in [2.05, 4.69) is 0 Å². The number of nitrogens with two attached hydrogens (primary N) is 1. The third-order valence-electron chi connectivity index (χ3n) is 3.42. The molecule has 0 aliphatic carbocycles. The third kappa shape index (κ3) is 2.25. The number of fused-ring (bicyclic) bond motifs is 1. The van der Waals surface area contributed by atoms with E-state index >= 15 is 0 Å². The number of halogens is 3. The van der Waals surface area contributed by atoms with Gasteiger partial charge in [-0.15, -0.1) is 0 Å². The number of ether oxygens (including phenoxy) is 1. The lowest BCUT2D eigenvalue weighted by molar-refractivity contribution is 0.156. The molecule has 0 aromatic heterocycles. The van der Waals surface area contributed by atoms with E-state index in [4.69, 9.17) is 10.5 Å². The van der Waals surface area contributed by atoms with Crippen molar-refractivity contribution >= 4 is 0 Å². The van der Waals surface area contributed by atoms with Gasteiger partial charge in [-0.1, -0.05) is 6.07 Å². The summed E-state index contributed by atoms with van der Waals surface area (Å²) in [7, 11) is 0. The molecule has 1 aliphatic rings. The van der Waals surface area contributed by atoms with E-state index in [9.17, 15) is 13.2 Å². The topological polar surface area (TPSA) is 35.2 Å². The van der Waals surface area contributed by atoms with Crippen molar-refractivity contribution in [2.75, 3.05) is 0 Å². The van der Waals surface area contributed by atoms with E-state index < -0.39 is 23.6 Å². The van der Waals surface area contributed by atoms with Crippen molar-refractivity contribution in [1.29, 1.82) is 0 Å². The zero-order valence-electron chi connectivity index (χ0n) is 10.4. The quantitative estimate of drug-likeness (QED) is 0.865. The Labute approximate surface area is 114 Å². The SMILES string of the molecule is N[C@@H]1CC(c2ccc(F)cc2F)Oc2cc(F)ccc21. The van der Waals surface area contributed by atoms with Gasteiger partial charge >= 0.3 is 0 Å². The second-order valence-electron chi connectivity index (χ2n) is 4.80. The summed E-state index contributed by atoms with van der Waals surface area (Å²) in [4.78, 5) is 0. The number of hydrogen-bond acceptors (Lipinski definition) is 2.